The molecule has 0 amide bonds. The summed E-state index contributed by atoms with van der Waals surface area (Å²) in [5.74, 6) is 0.340. The van der Waals surface area contributed by atoms with E-state index in [-0.39, 0.29) is 6.04 Å². The van der Waals surface area contributed by atoms with Crippen LogP contribution in [0.4, 0.5) is 0 Å². The maximum absolute atomic E-state index is 6.01. The standard InChI is InChI=1S/C21H21N3S/c22-21(25)24-20(16-10-5-2-6-11-16)18-13-7-12-17(19(18)23-24)14-15-8-3-1-4-9-15/h1-6,8-11,14,18,20H,7,12-13H2,(H2,22,25)/b17-14+/t18-,20-/m0/s1. The number of allylic oxidation sites excluding steroid dienone is 1. The van der Waals surface area contributed by atoms with Crippen molar-refractivity contribution in [3.8, 4) is 0 Å². The summed E-state index contributed by atoms with van der Waals surface area (Å²) in [6.07, 6.45) is 5.59. The summed E-state index contributed by atoms with van der Waals surface area (Å²) in [4.78, 5) is 0. The molecule has 126 valence electrons. The minimum Gasteiger partial charge on any atom is -0.375 e. The Morgan fingerprint density at radius 3 is 2.44 bits per heavy atom. The Bertz CT molecular complexity index is 827. The third-order valence-corrected chi connectivity index (χ3v) is 5.20. The second kappa shape index (κ2) is 6.81. The first kappa shape index (κ1) is 16.0. The quantitative estimate of drug-likeness (QED) is 0.812. The Morgan fingerprint density at radius 1 is 1.08 bits per heavy atom. The van der Waals surface area contributed by atoms with Gasteiger partial charge in [-0.2, -0.15) is 5.10 Å². The number of nitrogens with zero attached hydrogens (tertiary/aromatic N) is 2. The number of hydrazone groups is 1. The molecule has 2 aliphatic rings. The van der Waals surface area contributed by atoms with Gasteiger partial charge in [-0.3, -0.25) is 0 Å². The fraction of sp³-hybridized carbons (Fsp3) is 0.238. The first-order chi connectivity index (χ1) is 12.2. The minimum atomic E-state index is 0.105. The molecule has 2 aromatic carbocycles. The Hall–Kier alpha value is -2.46. The third kappa shape index (κ3) is 3.10. The molecule has 4 rings (SSSR count). The van der Waals surface area contributed by atoms with Gasteiger partial charge in [0.25, 0.3) is 0 Å². The van der Waals surface area contributed by atoms with Crippen LogP contribution in [-0.4, -0.2) is 15.8 Å². The summed E-state index contributed by atoms with van der Waals surface area (Å²) in [5.41, 5.74) is 10.9. The van der Waals surface area contributed by atoms with Crippen molar-refractivity contribution in [1.29, 1.82) is 0 Å². The normalized spacial score (nSPS) is 24.1. The van der Waals surface area contributed by atoms with Crippen LogP contribution in [0.25, 0.3) is 6.08 Å². The topological polar surface area (TPSA) is 41.6 Å². The molecule has 1 fully saturated rings. The molecule has 1 heterocycles. The molecule has 0 saturated heterocycles. The van der Waals surface area contributed by atoms with E-state index in [2.05, 4.69) is 54.6 Å². The predicted molar refractivity (Wildman–Crippen MR) is 107 cm³/mol. The molecule has 2 N–H and O–H groups in total. The maximum atomic E-state index is 6.01. The molecule has 2 aromatic rings. The van der Waals surface area contributed by atoms with Gasteiger partial charge in [-0.05, 0) is 54.3 Å². The zero-order valence-corrected chi connectivity index (χ0v) is 14.8. The van der Waals surface area contributed by atoms with Gasteiger partial charge in [0.05, 0.1) is 11.8 Å². The van der Waals surface area contributed by atoms with Gasteiger partial charge in [-0.25, -0.2) is 5.01 Å². The molecule has 0 spiro atoms. The summed E-state index contributed by atoms with van der Waals surface area (Å²) in [7, 11) is 0. The molecule has 3 nitrogen and oxygen atoms in total. The zero-order chi connectivity index (χ0) is 17.2. The minimum absolute atomic E-state index is 0.105. The lowest BCUT2D eigenvalue weighted by Gasteiger charge is -2.29. The Kier molecular flexibility index (Phi) is 4.36. The van der Waals surface area contributed by atoms with Gasteiger partial charge in [0.2, 0.25) is 0 Å². The lowest BCUT2D eigenvalue weighted by molar-refractivity contribution is 0.305. The van der Waals surface area contributed by atoms with E-state index >= 15 is 0 Å². The molecular weight excluding hydrogens is 326 g/mol. The van der Waals surface area contributed by atoms with Crippen molar-refractivity contribution >= 4 is 29.1 Å². The van der Waals surface area contributed by atoms with Crippen LogP contribution in [0.5, 0.6) is 0 Å². The van der Waals surface area contributed by atoms with Crippen LogP contribution in [0, 0.1) is 5.92 Å². The van der Waals surface area contributed by atoms with Crippen molar-refractivity contribution in [2.45, 2.75) is 25.3 Å². The Morgan fingerprint density at radius 2 is 1.76 bits per heavy atom. The summed E-state index contributed by atoms with van der Waals surface area (Å²) in [6, 6.07) is 21.0. The van der Waals surface area contributed by atoms with Crippen molar-refractivity contribution < 1.29 is 0 Å². The summed E-state index contributed by atoms with van der Waals surface area (Å²) >= 11 is 5.30. The zero-order valence-electron chi connectivity index (χ0n) is 14.0. The van der Waals surface area contributed by atoms with Crippen LogP contribution in [0.3, 0.4) is 0 Å². The maximum Gasteiger partial charge on any atom is 0.187 e. The molecule has 1 aliphatic carbocycles. The van der Waals surface area contributed by atoms with E-state index in [1.54, 1.807) is 0 Å². The first-order valence-corrected chi connectivity index (χ1v) is 9.13. The van der Waals surface area contributed by atoms with E-state index in [4.69, 9.17) is 23.1 Å². The smallest absolute Gasteiger partial charge is 0.187 e. The van der Waals surface area contributed by atoms with Gasteiger partial charge in [0.15, 0.2) is 5.11 Å². The fourth-order valence-electron chi connectivity index (χ4n) is 3.92. The van der Waals surface area contributed by atoms with Crippen molar-refractivity contribution in [2.75, 3.05) is 0 Å². The molecule has 0 unspecified atom stereocenters. The number of hydrogen-bond donors (Lipinski definition) is 1. The monoisotopic (exact) mass is 347 g/mol. The molecule has 25 heavy (non-hydrogen) atoms. The van der Waals surface area contributed by atoms with E-state index < -0.39 is 0 Å². The highest BCUT2D eigenvalue weighted by atomic mass is 32.1. The van der Waals surface area contributed by atoms with Crippen LogP contribution in [0.2, 0.25) is 0 Å². The van der Waals surface area contributed by atoms with Crippen molar-refractivity contribution in [2.24, 2.45) is 16.8 Å². The second-order valence-corrected chi connectivity index (χ2v) is 7.02. The molecule has 1 saturated carbocycles. The summed E-state index contributed by atoms with van der Waals surface area (Å²) in [6.45, 7) is 0. The van der Waals surface area contributed by atoms with Gasteiger partial charge in [0, 0.05) is 5.92 Å². The highest BCUT2D eigenvalue weighted by molar-refractivity contribution is 7.80. The van der Waals surface area contributed by atoms with Gasteiger partial charge < -0.3 is 5.73 Å². The number of thiocarbonyl (C=S) groups is 1. The van der Waals surface area contributed by atoms with Gasteiger partial charge >= 0.3 is 0 Å². The Labute approximate surface area is 153 Å². The van der Waals surface area contributed by atoms with Crippen LogP contribution in [0.1, 0.15) is 36.4 Å². The fourth-order valence-corrected chi connectivity index (χ4v) is 4.07. The molecule has 1 aliphatic heterocycles. The van der Waals surface area contributed by atoms with E-state index in [1.165, 1.54) is 16.7 Å². The van der Waals surface area contributed by atoms with Crippen LogP contribution in [-0.2, 0) is 0 Å². The molecule has 0 bridgehead atoms. The SMILES string of the molecule is NC(=S)N1N=C2/C(=C/c3ccccc3)CCC[C@@H]2[C@@H]1c1ccccc1. The van der Waals surface area contributed by atoms with E-state index in [0.29, 0.717) is 11.0 Å². The van der Waals surface area contributed by atoms with E-state index in [1.807, 2.05) is 17.1 Å². The summed E-state index contributed by atoms with van der Waals surface area (Å²) in [5, 5.41) is 7.04. The van der Waals surface area contributed by atoms with E-state index in [9.17, 15) is 0 Å². The first-order valence-electron chi connectivity index (χ1n) is 8.72. The number of fused-ring (bicyclic) bond motifs is 1. The highest BCUT2D eigenvalue weighted by Crippen LogP contribution is 2.44. The number of nitrogens with two attached hydrogens (primary N) is 1. The number of rotatable bonds is 2. The molecule has 2 atom stereocenters. The number of hydrogen-bond acceptors (Lipinski definition) is 2. The van der Waals surface area contributed by atoms with Crippen molar-refractivity contribution in [3.05, 3.63) is 77.4 Å². The predicted octanol–water partition coefficient (Wildman–Crippen LogP) is 4.53. The second-order valence-electron chi connectivity index (χ2n) is 6.60. The lowest BCUT2D eigenvalue weighted by Crippen LogP contribution is -2.34. The highest BCUT2D eigenvalue weighted by Gasteiger charge is 2.42. The van der Waals surface area contributed by atoms with Gasteiger partial charge in [-0.1, -0.05) is 60.7 Å². The van der Waals surface area contributed by atoms with Crippen LogP contribution < -0.4 is 5.73 Å². The average Bonchev–Trinajstić information content (AvgIpc) is 3.04. The van der Waals surface area contributed by atoms with Crippen molar-refractivity contribution in [3.63, 3.8) is 0 Å². The number of benzene rings is 2. The molecular formula is C21H21N3S. The average molecular weight is 347 g/mol. The lowest BCUT2D eigenvalue weighted by atomic mass is 9.77. The van der Waals surface area contributed by atoms with E-state index in [0.717, 1.165) is 25.0 Å². The van der Waals surface area contributed by atoms with Crippen LogP contribution in [0.15, 0.2) is 71.3 Å². The largest absolute Gasteiger partial charge is 0.375 e. The van der Waals surface area contributed by atoms with Crippen LogP contribution >= 0.6 is 12.2 Å². The molecule has 0 aromatic heterocycles. The molecule has 0 radical (unpaired) electrons. The Balaban J connectivity index is 1.74. The molecule has 4 heteroatoms. The summed E-state index contributed by atoms with van der Waals surface area (Å²) < 4.78 is 0. The van der Waals surface area contributed by atoms with Gasteiger partial charge in [0.1, 0.15) is 0 Å². The van der Waals surface area contributed by atoms with Gasteiger partial charge in [-0.15, -0.1) is 0 Å². The van der Waals surface area contributed by atoms with Crippen molar-refractivity contribution in [1.82, 2.24) is 5.01 Å². The third-order valence-electron chi connectivity index (χ3n) is 5.01.